The molecule has 142 valence electrons. The summed E-state index contributed by atoms with van der Waals surface area (Å²) in [5.74, 6) is 0.804. The van der Waals surface area contributed by atoms with Gasteiger partial charge in [0.2, 0.25) is 5.82 Å². The number of hydrogen-bond donors (Lipinski definition) is 1. The van der Waals surface area contributed by atoms with Gasteiger partial charge in [0, 0.05) is 23.7 Å². The summed E-state index contributed by atoms with van der Waals surface area (Å²) in [6.45, 7) is 1.77. The zero-order chi connectivity index (χ0) is 19.7. The van der Waals surface area contributed by atoms with Crippen molar-refractivity contribution in [3.8, 4) is 23.1 Å². The molecule has 4 aromatic rings. The molecule has 0 aliphatic carbocycles. The summed E-state index contributed by atoms with van der Waals surface area (Å²) in [7, 11) is 1.72. The third-order valence-electron chi connectivity index (χ3n) is 3.87. The Kier molecular flexibility index (Phi) is 4.57. The predicted octanol–water partition coefficient (Wildman–Crippen LogP) is 1.33. The van der Waals surface area contributed by atoms with Gasteiger partial charge < -0.3 is 4.74 Å². The van der Waals surface area contributed by atoms with E-state index in [0.29, 0.717) is 27.9 Å². The number of H-pyrrole nitrogens is 1. The van der Waals surface area contributed by atoms with Crippen LogP contribution in [0.1, 0.15) is 18.9 Å². The fraction of sp³-hybridized carbons (Fsp3) is 0.188. The van der Waals surface area contributed by atoms with Crippen molar-refractivity contribution in [3.05, 3.63) is 57.7 Å². The van der Waals surface area contributed by atoms with Crippen LogP contribution in [-0.4, -0.2) is 45.2 Å². The second-order valence-electron chi connectivity index (χ2n) is 5.88. The van der Waals surface area contributed by atoms with Crippen molar-refractivity contribution in [1.29, 1.82) is 0 Å². The SMILES string of the molecule is C[C@@H](Oc1nnc(-c2cn[nH]c(=O)c2)n1C)c1nnn(-c2cccc(Cl)c2)n1. The lowest BCUT2D eigenvalue weighted by Gasteiger charge is -2.10. The number of rotatable bonds is 5. The van der Waals surface area contributed by atoms with Gasteiger partial charge in [-0.1, -0.05) is 22.8 Å². The van der Waals surface area contributed by atoms with E-state index in [1.54, 1.807) is 36.7 Å². The van der Waals surface area contributed by atoms with Gasteiger partial charge in [0.15, 0.2) is 11.9 Å². The van der Waals surface area contributed by atoms with Crippen LogP contribution in [0, 0.1) is 0 Å². The normalized spacial score (nSPS) is 12.1. The van der Waals surface area contributed by atoms with Gasteiger partial charge >= 0.3 is 6.01 Å². The van der Waals surface area contributed by atoms with Gasteiger partial charge in [0.05, 0.1) is 11.9 Å². The molecule has 1 atom stereocenters. The standard InChI is InChI=1S/C16H14ClN9O2/c1-9(14-20-24-26(23-14)12-5-3-4-11(17)7-12)28-16-22-21-15(25(16)2)10-6-13(27)19-18-8-10/h3-9H,1-2H3,(H,19,27)/t9-/m1/s1. The molecule has 28 heavy (non-hydrogen) atoms. The number of ether oxygens (including phenoxy) is 1. The lowest BCUT2D eigenvalue weighted by atomic mass is 10.3. The summed E-state index contributed by atoms with van der Waals surface area (Å²) >= 11 is 5.99. The predicted molar refractivity (Wildman–Crippen MR) is 98.1 cm³/mol. The summed E-state index contributed by atoms with van der Waals surface area (Å²) in [4.78, 5) is 12.8. The number of hydrogen-bond acceptors (Lipinski definition) is 8. The zero-order valence-electron chi connectivity index (χ0n) is 14.8. The van der Waals surface area contributed by atoms with Gasteiger partial charge in [0.25, 0.3) is 5.56 Å². The Morgan fingerprint density at radius 3 is 2.86 bits per heavy atom. The van der Waals surface area contributed by atoms with Crippen molar-refractivity contribution < 1.29 is 4.74 Å². The lowest BCUT2D eigenvalue weighted by molar-refractivity contribution is 0.190. The Hall–Kier alpha value is -3.60. The first kappa shape index (κ1) is 17.8. The molecule has 0 unspecified atom stereocenters. The number of aromatic amines is 1. The van der Waals surface area contributed by atoms with Crippen LogP contribution in [0.15, 0.2) is 41.3 Å². The van der Waals surface area contributed by atoms with Crippen LogP contribution in [0.25, 0.3) is 17.1 Å². The Balaban J connectivity index is 1.55. The topological polar surface area (TPSA) is 129 Å². The molecule has 0 radical (unpaired) electrons. The highest BCUT2D eigenvalue weighted by molar-refractivity contribution is 6.30. The second kappa shape index (κ2) is 7.19. The van der Waals surface area contributed by atoms with Crippen molar-refractivity contribution in [1.82, 2.24) is 45.2 Å². The van der Waals surface area contributed by atoms with Crippen LogP contribution in [0.3, 0.4) is 0 Å². The van der Waals surface area contributed by atoms with Gasteiger partial charge in [-0.05, 0) is 30.3 Å². The van der Waals surface area contributed by atoms with Gasteiger partial charge in [-0.15, -0.1) is 20.1 Å². The van der Waals surface area contributed by atoms with Crippen LogP contribution in [0.4, 0.5) is 0 Å². The average molecular weight is 400 g/mol. The molecule has 3 heterocycles. The van der Waals surface area contributed by atoms with Crippen LogP contribution < -0.4 is 10.3 Å². The first-order chi connectivity index (χ1) is 13.5. The third kappa shape index (κ3) is 3.47. The summed E-state index contributed by atoms with van der Waals surface area (Å²) in [5, 5.41) is 27.1. The highest BCUT2D eigenvalue weighted by Gasteiger charge is 2.19. The maximum atomic E-state index is 11.4. The summed E-state index contributed by atoms with van der Waals surface area (Å²) in [5.41, 5.74) is 0.866. The van der Waals surface area contributed by atoms with E-state index < -0.39 is 6.10 Å². The smallest absolute Gasteiger partial charge is 0.317 e. The van der Waals surface area contributed by atoms with E-state index in [2.05, 4.69) is 35.8 Å². The van der Waals surface area contributed by atoms with Crippen molar-refractivity contribution >= 4 is 11.6 Å². The molecule has 4 rings (SSSR count). The average Bonchev–Trinajstić information content (AvgIpc) is 3.30. The Bertz CT molecular complexity index is 1180. The molecule has 0 fully saturated rings. The number of benzene rings is 1. The summed E-state index contributed by atoms with van der Waals surface area (Å²) in [6, 6.07) is 8.71. The molecule has 0 saturated heterocycles. The fourth-order valence-corrected chi connectivity index (χ4v) is 2.66. The van der Waals surface area contributed by atoms with E-state index in [4.69, 9.17) is 16.3 Å². The quantitative estimate of drug-likeness (QED) is 0.532. The van der Waals surface area contributed by atoms with E-state index in [0.717, 1.165) is 0 Å². The molecule has 12 heteroatoms. The first-order valence-electron chi connectivity index (χ1n) is 8.18. The summed E-state index contributed by atoms with van der Waals surface area (Å²) in [6.07, 6.45) is 0.942. The molecule has 11 nitrogen and oxygen atoms in total. The van der Waals surface area contributed by atoms with Crippen molar-refractivity contribution in [2.24, 2.45) is 7.05 Å². The van der Waals surface area contributed by atoms with E-state index >= 15 is 0 Å². The maximum Gasteiger partial charge on any atom is 0.317 e. The molecular weight excluding hydrogens is 386 g/mol. The molecule has 1 aromatic carbocycles. The number of nitrogens with one attached hydrogen (secondary N) is 1. The molecule has 3 aromatic heterocycles. The third-order valence-corrected chi connectivity index (χ3v) is 4.11. The van der Waals surface area contributed by atoms with Crippen molar-refractivity contribution in [3.63, 3.8) is 0 Å². The maximum absolute atomic E-state index is 11.4. The molecular formula is C16H14ClN9O2. The second-order valence-corrected chi connectivity index (χ2v) is 6.31. The van der Waals surface area contributed by atoms with Gasteiger partial charge in [-0.25, -0.2) is 5.10 Å². The molecule has 0 aliphatic heterocycles. The monoisotopic (exact) mass is 399 g/mol. The highest BCUT2D eigenvalue weighted by atomic mass is 35.5. The van der Waals surface area contributed by atoms with Crippen molar-refractivity contribution in [2.75, 3.05) is 0 Å². The minimum Gasteiger partial charge on any atom is -0.452 e. The molecule has 0 bridgehead atoms. The van der Waals surface area contributed by atoms with Gasteiger partial charge in [-0.3, -0.25) is 9.36 Å². The van der Waals surface area contributed by atoms with Gasteiger partial charge in [0.1, 0.15) is 0 Å². The van der Waals surface area contributed by atoms with Crippen LogP contribution in [0.2, 0.25) is 5.02 Å². The number of tetrazole rings is 1. The number of halogens is 1. The fourth-order valence-electron chi connectivity index (χ4n) is 2.48. The lowest BCUT2D eigenvalue weighted by Crippen LogP contribution is -2.10. The van der Waals surface area contributed by atoms with E-state index in [-0.39, 0.29) is 11.6 Å². The molecule has 0 spiro atoms. The highest BCUT2D eigenvalue weighted by Crippen LogP contribution is 2.22. The number of nitrogens with zero attached hydrogens (tertiary/aromatic N) is 8. The Morgan fingerprint density at radius 1 is 1.21 bits per heavy atom. The molecule has 1 N–H and O–H groups in total. The minimum absolute atomic E-state index is 0.238. The van der Waals surface area contributed by atoms with Crippen LogP contribution in [-0.2, 0) is 7.05 Å². The van der Waals surface area contributed by atoms with E-state index in [1.165, 1.54) is 17.1 Å². The van der Waals surface area contributed by atoms with Crippen molar-refractivity contribution in [2.45, 2.75) is 13.0 Å². The largest absolute Gasteiger partial charge is 0.452 e. The number of aromatic nitrogens is 9. The van der Waals surface area contributed by atoms with E-state index in [1.807, 2.05) is 6.07 Å². The van der Waals surface area contributed by atoms with Crippen LogP contribution >= 0.6 is 11.6 Å². The summed E-state index contributed by atoms with van der Waals surface area (Å²) < 4.78 is 7.42. The van der Waals surface area contributed by atoms with Crippen LogP contribution in [0.5, 0.6) is 6.01 Å². The van der Waals surface area contributed by atoms with E-state index in [9.17, 15) is 4.79 Å². The molecule has 0 amide bonds. The Morgan fingerprint density at radius 2 is 2.07 bits per heavy atom. The minimum atomic E-state index is -0.541. The molecule has 0 aliphatic rings. The van der Waals surface area contributed by atoms with Gasteiger partial charge in [-0.2, -0.15) is 5.10 Å². The molecule has 0 saturated carbocycles. The first-order valence-corrected chi connectivity index (χ1v) is 8.56. The zero-order valence-corrected chi connectivity index (χ0v) is 15.6. The Labute approximate surface area is 162 Å².